The van der Waals surface area contributed by atoms with Crippen LogP contribution in [0.15, 0.2) is 53.5 Å². The molecule has 1 saturated carbocycles. The molecule has 4 aromatic rings. The third-order valence-corrected chi connectivity index (χ3v) is 6.92. The molecule has 1 aromatic carbocycles. The smallest absolute Gasteiger partial charge is 0.370 e. The molecular weight excluding hydrogens is 501 g/mol. The standard InChI is InChI=1S/C26H25F3N6O3/c1-14(16-7-10-20(31-11-16)26(27,28)29)35-24-21(19(34-35)13-38-12-15-5-3-2-4-6-15)25(37)33-23(32-24)18-9-8-17(18)22(30)36/h2-7,10-11,14,17-18H,8-9,12-13H2,1H3,(H2,30,36)(H,32,33,37). The van der Waals surface area contributed by atoms with Crippen LogP contribution in [-0.2, 0) is 28.9 Å². The summed E-state index contributed by atoms with van der Waals surface area (Å²) in [6.07, 6.45) is -2.18. The SMILES string of the molecule is CC(c1ccc(C(F)(F)F)nc1)n1nc(COCc2ccccc2)c2c(=O)[nH]c(C3CCC3C(N)=O)nc21. The number of nitrogens with two attached hydrogens (primary N) is 1. The number of halogens is 3. The Morgan fingerprint density at radius 1 is 1.18 bits per heavy atom. The number of hydrogen-bond donors (Lipinski definition) is 2. The Morgan fingerprint density at radius 2 is 1.95 bits per heavy atom. The molecule has 1 aliphatic rings. The van der Waals surface area contributed by atoms with Crippen LogP contribution in [0.4, 0.5) is 13.2 Å². The third kappa shape index (κ3) is 4.91. The molecule has 5 rings (SSSR count). The molecular formula is C26H25F3N6O3. The second kappa shape index (κ2) is 10.0. The Hall–Kier alpha value is -4.06. The fourth-order valence-corrected chi connectivity index (χ4v) is 4.65. The number of aromatic nitrogens is 5. The zero-order chi connectivity index (χ0) is 27.0. The van der Waals surface area contributed by atoms with Crippen molar-refractivity contribution < 1.29 is 22.7 Å². The van der Waals surface area contributed by atoms with Crippen LogP contribution in [0.2, 0.25) is 0 Å². The van der Waals surface area contributed by atoms with Crippen molar-refractivity contribution in [1.82, 2.24) is 24.7 Å². The summed E-state index contributed by atoms with van der Waals surface area (Å²) in [5, 5.41) is 4.81. The molecule has 38 heavy (non-hydrogen) atoms. The van der Waals surface area contributed by atoms with Gasteiger partial charge in [0.25, 0.3) is 5.56 Å². The van der Waals surface area contributed by atoms with Crippen LogP contribution in [0.25, 0.3) is 11.0 Å². The van der Waals surface area contributed by atoms with E-state index >= 15 is 0 Å². The first-order valence-corrected chi connectivity index (χ1v) is 12.1. The van der Waals surface area contributed by atoms with Crippen molar-refractivity contribution >= 4 is 16.9 Å². The number of hydrogen-bond acceptors (Lipinski definition) is 6. The number of nitrogens with one attached hydrogen (secondary N) is 1. The Labute approximate surface area is 214 Å². The summed E-state index contributed by atoms with van der Waals surface area (Å²) in [5.41, 5.74) is 6.02. The van der Waals surface area contributed by atoms with E-state index < -0.39 is 35.3 Å². The largest absolute Gasteiger partial charge is 0.433 e. The van der Waals surface area contributed by atoms with Gasteiger partial charge >= 0.3 is 6.18 Å². The number of ether oxygens (including phenoxy) is 1. The summed E-state index contributed by atoms with van der Waals surface area (Å²) in [6.45, 7) is 2.02. The van der Waals surface area contributed by atoms with Crippen LogP contribution < -0.4 is 11.3 Å². The highest BCUT2D eigenvalue weighted by Gasteiger charge is 2.38. The molecule has 0 bridgehead atoms. The first kappa shape index (κ1) is 25.6. The minimum atomic E-state index is -4.56. The van der Waals surface area contributed by atoms with Gasteiger partial charge in [-0.15, -0.1) is 0 Å². The number of alkyl halides is 3. The minimum Gasteiger partial charge on any atom is -0.370 e. The minimum absolute atomic E-state index is 0.00776. The van der Waals surface area contributed by atoms with Crippen molar-refractivity contribution in [3.63, 3.8) is 0 Å². The van der Waals surface area contributed by atoms with E-state index in [0.717, 1.165) is 17.8 Å². The summed E-state index contributed by atoms with van der Waals surface area (Å²) in [5.74, 6) is -0.893. The van der Waals surface area contributed by atoms with E-state index in [1.165, 1.54) is 10.7 Å². The van der Waals surface area contributed by atoms with E-state index in [0.29, 0.717) is 36.5 Å². The average Bonchev–Trinajstić information content (AvgIpc) is 3.21. The van der Waals surface area contributed by atoms with Gasteiger partial charge in [0, 0.05) is 18.0 Å². The van der Waals surface area contributed by atoms with Gasteiger partial charge in [-0.2, -0.15) is 18.3 Å². The average molecular weight is 527 g/mol. The highest BCUT2D eigenvalue weighted by atomic mass is 19.4. The van der Waals surface area contributed by atoms with Gasteiger partial charge in [0.2, 0.25) is 5.91 Å². The van der Waals surface area contributed by atoms with Crippen LogP contribution in [0.5, 0.6) is 0 Å². The zero-order valence-corrected chi connectivity index (χ0v) is 20.4. The maximum Gasteiger partial charge on any atom is 0.433 e. The van der Waals surface area contributed by atoms with E-state index in [4.69, 9.17) is 10.5 Å². The summed E-state index contributed by atoms with van der Waals surface area (Å²) in [6, 6.07) is 11.1. The summed E-state index contributed by atoms with van der Waals surface area (Å²) < 4.78 is 46.3. The van der Waals surface area contributed by atoms with Crippen LogP contribution >= 0.6 is 0 Å². The lowest BCUT2D eigenvalue weighted by Crippen LogP contribution is -2.37. The van der Waals surface area contributed by atoms with Gasteiger partial charge in [0.15, 0.2) is 5.65 Å². The highest BCUT2D eigenvalue weighted by molar-refractivity contribution is 5.80. The van der Waals surface area contributed by atoms with E-state index in [2.05, 4.69) is 20.1 Å². The number of benzene rings is 1. The number of H-pyrrole nitrogens is 1. The molecule has 9 nitrogen and oxygen atoms in total. The van der Waals surface area contributed by atoms with Crippen LogP contribution in [-0.4, -0.2) is 30.6 Å². The fourth-order valence-electron chi connectivity index (χ4n) is 4.65. The van der Waals surface area contributed by atoms with E-state index in [1.54, 1.807) is 6.92 Å². The molecule has 3 N–H and O–H groups in total. The molecule has 198 valence electrons. The zero-order valence-electron chi connectivity index (χ0n) is 20.4. The molecule has 1 amide bonds. The fraction of sp³-hybridized carbons (Fsp3) is 0.346. The first-order valence-electron chi connectivity index (χ1n) is 12.1. The summed E-state index contributed by atoms with van der Waals surface area (Å²) >= 11 is 0. The van der Waals surface area contributed by atoms with Gasteiger partial charge in [-0.1, -0.05) is 36.4 Å². The topological polar surface area (TPSA) is 129 Å². The molecule has 0 saturated heterocycles. The van der Waals surface area contributed by atoms with Gasteiger partial charge < -0.3 is 15.5 Å². The molecule has 3 atom stereocenters. The predicted octanol–water partition coefficient (Wildman–Crippen LogP) is 3.84. The van der Waals surface area contributed by atoms with Crippen LogP contribution in [0.3, 0.4) is 0 Å². The third-order valence-electron chi connectivity index (χ3n) is 6.92. The second-order valence-electron chi connectivity index (χ2n) is 9.36. The van der Waals surface area contributed by atoms with Gasteiger partial charge in [0.1, 0.15) is 22.6 Å². The first-order chi connectivity index (χ1) is 18.1. The lowest BCUT2D eigenvalue weighted by molar-refractivity contribution is -0.141. The number of primary amides is 1. The number of pyridine rings is 1. The number of aromatic amines is 1. The number of carbonyl (C=O) groups is 1. The second-order valence-corrected chi connectivity index (χ2v) is 9.36. The van der Waals surface area contributed by atoms with Crippen molar-refractivity contribution in [2.45, 2.75) is 51.1 Å². The van der Waals surface area contributed by atoms with Gasteiger partial charge in [-0.3, -0.25) is 14.6 Å². The number of nitrogens with zero attached hydrogens (tertiary/aromatic N) is 4. The number of rotatable bonds is 8. The molecule has 1 fully saturated rings. The molecule has 0 radical (unpaired) electrons. The summed E-state index contributed by atoms with van der Waals surface area (Å²) in [7, 11) is 0. The Balaban J connectivity index is 1.53. The maximum atomic E-state index is 13.2. The molecule has 3 heterocycles. The van der Waals surface area contributed by atoms with Crippen molar-refractivity contribution in [1.29, 1.82) is 0 Å². The Kier molecular flexibility index (Phi) is 6.74. The summed E-state index contributed by atoms with van der Waals surface area (Å²) in [4.78, 5) is 36.0. The monoisotopic (exact) mass is 526 g/mol. The maximum absolute atomic E-state index is 13.2. The normalized spacial score (nSPS) is 18.3. The van der Waals surface area contributed by atoms with Gasteiger partial charge in [-0.25, -0.2) is 9.67 Å². The lowest BCUT2D eigenvalue weighted by Gasteiger charge is -2.33. The van der Waals surface area contributed by atoms with E-state index in [9.17, 15) is 22.8 Å². The molecule has 3 unspecified atom stereocenters. The molecule has 0 spiro atoms. The molecule has 1 aliphatic carbocycles. The quantitative estimate of drug-likeness (QED) is 0.359. The lowest BCUT2D eigenvalue weighted by atomic mass is 9.72. The molecule has 12 heteroatoms. The molecule has 3 aromatic heterocycles. The number of carbonyl (C=O) groups excluding carboxylic acids is 1. The Morgan fingerprint density at radius 3 is 2.55 bits per heavy atom. The van der Waals surface area contributed by atoms with Gasteiger partial charge in [-0.05, 0) is 37.0 Å². The predicted molar refractivity (Wildman–Crippen MR) is 131 cm³/mol. The van der Waals surface area contributed by atoms with E-state index in [-0.39, 0.29) is 23.6 Å². The van der Waals surface area contributed by atoms with E-state index in [1.807, 2.05) is 30.3 Å². The molecule has 0 aliphatic heterocycles. The van der Waals surface area contributed by atoms with Crippen LogP contribution in [0, 0.1) is 5.92 Å². The van der Waals surface area contributed by atoms with Crippen molar-refractivity contribution in [2.75, 3.05) is 0 Å². The van der Waals surface area contributed by atoms with Crippen molar-refractivity contribution in [2.24, 2.45) is 11.7 Å². The highest BCUT2D eigenvalue weighted by Crippen LogP contribution is 2.41. The van der Waals surface area contributed by atoms with Crippen molar-refractivity contribution in [3.8, 4) is 0 Å². The Bertz CT molecular complexity index is 1520. The van der Waals surface area contributed by atoms with Crippen LogP contribution in [0.1, 0.15) is 60.1 Å². The van der Waals surface area contributed by atoms with Crippen molar-refractivity contribution in [3.05, 3.63) is 87.4 Å². The number of fused-ring (bicyclic) bond motifs is 1. The van der Waals surface area contributed by atoms with Gasteiger partial charge in [0.05, 0.1) is 19.3 Å². The number of amides is 1.